The highest BCUT2D eigenvalue weighted by Gasteiger charge is 2.38. The van der Waals surface area contributed by atoms with Gasteiger partial charge in [0, 0.05) is 24.7 Å². The maximum Gasteiger partial charge on any atom is 0.182 e. The van der Waals surface area contributed by atoms with E-state index in [1.165, 1.54) is 18.8 Å². The van der Waals surface area contributed by atoms with Crippen molar-refractivity contribution < 1.29 is 4.79 Å². The zero-order chi connectivity index (χ0) is 20.9. The summed E-state index contributed by atoms with van der Waals surface area (Å²) in [5, 5.41) is 14.2. The Bertz CT molecular complexity index is 1340. The Morgan fingerprint density at radius 3 is 2.83 bits per heavy atom. The van der Waals surface area contributed by atoms with Gasteiger partial charge in [0.15, 0.2) is 11.5 Å². The number of nitrogens with zero attached hydrogens (tertiary/aromatic N) is 6. The summed E-state index contributed by atoms with van der Waals surface area (Å²) in [4.78, 5) is 25.3. The van der Waals surface area contributed by atoms with Crippen molar-refractivity contribution in [3.8, 4) is 0 Å². The molecule has 0 aromatic carbocycles. The molecule has 1 N–H and O–H groups in total. The Morgan fingerprint density at radius 1 is 1.27 bits per heavy atom. The second-order valence-electron chi connectivity index (χ2n) is 8.18. The quantitative estimate of drug-likeness (QED) is 0.529. The van der Waals surface area contributed by atoms with E-state index in [9.17, 15) is 4.79 Å². The number of pyridine rings is 1. The molecule has 1 aliphatic rings. The van der Waals surface area contributed by atoms with E-state index in [4.69, 9.17) is 5.41 Å². The monoisotopic (exact) mass is 401 g/mol. The zero-order valence-corrected chi connectivity index (χ0v) is 17.1. The van der Waals surface area contributed by atoms with E-state index in [-0.39, 0.29) is 22.4 Å². The molecule has 4 heterocycles. The summed E-state index contributed by atoms with van der Waals surface area (Å²) in [7, 11) is 0. The van der Waals surface area contributed by atoms with Gasteiger partial charge in [0.1, 0.15) is 28.4 Å². The van der Waals surface area contributed by atoms with Crippen molar-refractivity contribution in [1.82, 2.24) is 29.3 Å². The normalized spacial score (nSPS) is 15.8. The van der Waals surface area contributed by atoms with Crippen molar-refractivity contribution in [2.24, 2.45) is 0 Å². The fourth-order valence-corrected chi connectivity index (χ4v) is 4.78. The fraction of sp³-hybridized carbons (Fsp3) is 0.364. The fourth-order valence-electron chi connectivity index (χ4n) is 4.78. The van der Waals surface area contributed by atoms with Gasteiger partial charge in [-0.15, -0.1) is 0 Å². The number of carbonyl (C=O) groups is 1. The van der Waals surface area contributed by atoms with Gasteiger partial charge in [0.05, 0.1) is 18.3 Å². The average molecular weight is 401 g/mol. The molecule has 8 heteroatoms. The molecule has 0 bridgehead atoms. The number of hydrogen-bond acceptors (Lipinski definition) is 6. The summed E-state index contributed by atoms with van der Waals surface area (Å²) in [6.07, 6.45) is 11.3. The summed E-state index contributed by atoms with van der Waals surface area (Å²) in [6, 6.07) is 4.07. The lowest BCUT2D eigenvalue weighted by atomic mass is 9.97. The molecule has 4 aromatic heterocycles. The number of fused-ring (bicyclic) bond motifs is 2. The van der Waals surface area contributed by atoms with E-state index in [1.807, 2.05) is 16.9 Å². The zero-order valence-electron chi connectivity index (χ0n) is 17.1. The van der Waals surface area contributed by atoms with Gasteiger partial charge in [-0.05, 0) is 37.5 Å². The van der Waals surface area contributed by atoms with Gasteiger partial charge in [0.25, 0.3) is 0 Å². The van der Waals surface area contributed by atoms with Crippen LogP contribution in [0.25, 0.3) is 22.1 Å². The molecule has 0 amide bonds. The van der Waals surface area contributed by atoms with Crippen molar-refractivity contribution in [2.45, 2.75) is 51.6 Å². The van der Waals surface area contributed by atoms with Gasteiger partial charge in [-0.3, -0.25) is 14.9 Å². The molecule has 0 unspecified atom stereocenters. The molecule has 1 fully saturated rings. The third-order valence-corrected chi connectivity index (χ3v) is 6.25. The van der Waals surface area contributed by atoms with E-state index in [0.717, 1.165) is 36.7 Å². The van der Waals surface area contributed by atoms with Gasteiger partial charge in [-0.1, -0.05) is 12.8 Å². The molecule has 152 valence electrons. The van der Waals surface area contributed by atoms with Crippen LogP contribution in [0.4, 0.5) is 0 Å². The first-order valence-electron chi connectivity index (χ1n) is 10.2. The molecule has 0 atom stereocenters. The molecule has 5 rings (SSSR count). The minimum atomic E-state index is -0.237. The minimum Gasteiger partial charge on any atom is -0.324 e. The van der Waals surface area contributed by atoms with Crippen LogP contribution < -0.4 is 5.36 Å². The number of rotatable bonds is 4. The van der Waals surface area contributed by atoms with Gasteiger partial charge in [-0.2, -0.15) is 5.10 Å². The predicted molar refractivity (Wildman–Crippen MR) is 112 cm³/mol. The van der Waals surface area contributed by atoms with E-state index in [2.05, 4.69) is 43.8 Å². The highest BCUT2D eigenvalue weighted by atomic mass is 16.1. The number of Topliss-reactive ketones (excluding diaryl/α,β-unsaturated/α-hetero) is 1. The Morgan fingerprint density at radius 2 is 2.07 bits per heavy atom. The molecule has 1 aliphatic carbocycles. The van der Waals surface area contributed by atoms with Crippen LogP contribution in [0.15, 0.2) is 37.1 Å². The number of hydrogen-bond donors (Lipinski definition) is 1. The van der Waals surface area contributed by atoms with Crippen LogP contribution in [-0.2, 0) is 12.1 Å². The minimum absolute atomic E-state index is 0.0561. The first-order valence-corrected chi connectivity index (χ1v) is 10.2. The predicted octanol–water partition coefficient (Wildman–Crippen LogP) is 3.14. The molecule has 0 aliphatic heterocycles. The van der Waals surface area contributed by atoms with Crippen LogP contribution in [-0.4, -0.2) is 35.1 Å². The molecule has 4 aromatic rings. The second-order valence-corrected chi connectivity index (χ2v) is 8.18. The highest BCUT2D eigenvalue weighted by Crippen LogP contribution is 2.41. The molecular formula is C22H23N7O. The third kappa shape index (κ3) is 2.74. The number of aromatic nitrogens is 6. The lowest BCUT2D eigenvalue weighted by Gasteiger charge is -2.32. The Balaban J connectivity index is 1.73. The summed E-state index contributed by atoms with van der Waals surface area (Å²) in [5.41, 5.74) is 3.22. The maximum atomic E-state index is 12.2. The number of ketones is 1. The topological polar surface area (TPSA) is 102 Å². The number of nitrogens with one attached hydrogen (secondary N) is 1. The largest absolute Gasteiger partial charge is 0.324 e. The molecule has 0 saturated heterocycles. The SMILES string of the molecule is CC(=O)c1nn(CC2(n3cc(C)c4cccnc43)CCCC2)c2cncnc2c1=N. The highest BCUT2D eigenvalue weighted by molar-refractivity contribution is 5.94. The first kappa shape index (κ1) is 18.6. The van der Waals surface area contributed by atoms with E-state index >= 15 is 0 Å². The summed E-state index contributed by atoms with van der Waals surface area (Å²) in [5.74, 6) is -0.237. The summed E-state index contributed by atoms with van der Waals surface area (Å²) < 4.78 is 4.12. The van der Waals surface area contributed by atoms with E-state index in [1.54, 1.807) is 6.20 Å². The lowest BCUT2D eigenvalue weighted by Crippen LogP contribution is -2.37. The second kappa shape index (κ2) is 6.83. The average Bonchev–Trinajstić information content (AvgIpc) is 3.36. The van der Waals surface area contributed by atoms with Crippen LogP contribution in [0.3, 0.4) is 0 Å². The summed E-state index contributed by atoms with van der Waals surface area (Å²) >= 11 is 0. The van der Waals surface area contributed by atoms with Gasteiger partial charge in [0.2, 0.25) is 0 Å². The Hall–Kier alpha value is -3.42. The molecular weight excluding hydrogens is 378 g/mol. The standard InChI is InChI=1S/C22H23N7O/c1-14-11-28(21-16(14)6-5-9-25-21)22(7-3-4-8-22)12-29-17-10-24-13-26-20(17)18(23)19(27-29)15(2)30/h5-6,9-11,13,23H,3-4,7-8,12H2,1-2H3. The summed E-state index contributed by atoms with van der Waals surface area (Å²) in [6.45, 7) is 4.12. The van der Waals surface area contributed by atoms with E-state index in [0.29, 0.717) is 17.6 Å². The van der Waals surface area contributed by atoms with Crippen molar-refractivity contribution in [3.63, 3.8) is 0 Å². The van der Waals surface area contributed by atoms with Gasteiger partial charge in [-0.25, -0.2) is 15.0 Å². The molecule has 1 saturated carbocycles. The van der Waals surface area contributed by atoms with Crippen molar-refractivity contribution >= 4 is 27.9 Å². The van der Waals surface area contributed by atoms with Crippen molar-refractivity contribution in [1.29, 1.82) is 5.41 Å². The van der Waals surface area contributed by atoms with E-state index < -0.39 is 0 Å². The third-order valence-electron chi connectivity index (χ3n) is 6.25. The van der Waals surface area contributed by atoms with Crippen LogP contribution >= 0.6 is 0 Å². The molecule has 8 nitrogen and oxygen atoms in total. The van der Waals surface area contributed by atoms with Crippen LogP contribution in [0.1, 0.15) is 48.7 Å². The smallest absolute Gasteiger partial charge is 0.182 e. The molecule has 30 heavy (non-hydrogen) atoms. The van der Waals surface area contributed by atoms with Gasteiger partial charge < -0.3 is 4.57 Å². The molecule has 0 spiro atoms. The van der Waals surface area contributed by atoms with Gasteiger partial charge >= 0.3 is 0 Å². The van der Waals surface area contributed by atoms with Crippen molar-refractivity contribution in [2.75, 3.05) is 0 Å². The van der Waals surface area contributed by atoms with Crippen LogP contribution in [0.5, 0.6) is 0 Å². The first-order chi connectivity index (χ1) is 14.5. The Labute approximate surface area is 173 Å². The van der Waals surface area contributed by atoms with Crippen LogP contribution in [0.2, 0.25) is 0 Å². The lowest BCUT2D eigenvalue weighted by molar-refractivity contribution is 0.100. The number of aryl methyl sites for hydroxylation is 1. The maximum absolute atomic E-state index is 12.2. The Kier molecular flexibility index (Phi) is 4.23. The molecule has 0 radical (unpaired) electrons. The van der Waals surface area contributed by atoms with Crippen molar-refractivity contribution in [3.05, 3.63) is 53.7 Å². The van der Waals surface area contributed by atoms with Crippen LogP contribution in [0, 0.1) is 12.3 Å². The number of carbonyl (C=O) groups excluding carboxylic acids is 1.